The highest BCUT2D eigenvalue weighted by Crippen LogP contribution is 2.35. The Morgan fingerprint density at radius 1 is 0.371 bits per heavy atom. The van der Waals surface area contributed by atoms with Crippen molar-refractivity contribution in [1.82, 2.24) is 42.5 Å². The van der Waals surface area contributed by atoms with Crippen LogP contribution in [0.5, 0.6) is 0 Å². The molecule has 29 heteroatoms. The van der Waals surface area contributed by atoms with E-state index in [2.05, 4.69) is 105 Å². The van der Waals surface area contributed by atoms with E-state index in [1.807, 2.05) is 30.3 Å². The third kappa shape index (κ3) is 36.9. The summed E-state index contributed by atoms with van der Waals surface area (Å²) in [6.45, 7) is 26.8. The van der Waals surface area contributed by atoms with Crippen LogP contribution >= 0.6 is 0 Å². The van der Waals surface area contributed by atoms with Crippen LogP contribution in [-0.4, -0.2) is 240 Å². The van der Waals surface area contributed by atoms with Crippen molar-refractivity contribution in [2.45, 2.75) is 241 Å². The zero-order valence-electron chi connectivity index (χ0n) is 65.1. The predicted molar refractivity (Wildman–Crippen MR) is 393 cm³/mol. The molecule has 602 valence electrons. The van der Waals surface area contributed by atoms with Gasteiger partial charge in [-0.2, -0.15) is 0 Å². The number of carbonyl (C=O) groups excluding carboxylic acids is 8. The lowest BCUT2D eigenvalue weighted by Gasteiger charge is -2.44. The summed E-state index contributed by atoms with van der Waals surface area (Å²) in [6.07, 6.45) is 6.03. The number of rotatable bonds is 56. The van der Waals surface area contributed by atoms with Gasteiger partial charge in [0.05, 0.1) is 122 Å². The van der Waals surface area contributed by atoms with Crippen LogP contribution < -0.4 is 42.5 Å². The van der Waals surface area contributed by atoms with Crippen LogP contribution in [0.2, 0.25) is 0 Å². The first-order chi connectivity index (χ1) is 50.6. The van der Waals surface area contributed by atoms with E-state index in [9.17, 15) is 38.4 Å². The second kappa shape index (κ2) is 54.1. The number of ether oxygens (including phenoxy) is 13. The van der Waals surface area contributed by atoms with Gasteiger partial charge in [-0.25, -0.2) is 0 Å². The van der Waals surface area contributed by atoms with E-state index in [4.69, 9.17) is 61.6 Å². The summed E-state index contributed by atoms with van der Waals surface area (Å²) in [5, 5.41) is 23.3. The molecular weight excluding hydrogens is 1360 g/mol. The average Bonchev–Trinajstić information content (AvgIpc) is 0.823. The molecule has 0 aromatic heterocycles. The number of nitrogens with one attached hydrogen (secondary N) is 8. The number of benzene rings is 1. The van der Waals surface area contributed by atoms with Gasteiger partial charge < -0.3 is 104 Å². The highest BCUT2D eigenvalue weighted by molar-refractivity contribution is 5.92. The first kappa shape index (κ1) is 91.8. The fourth-order valence-corrected chi connectivity index (χ4v) is 13.2. The van der Waals surface area contributed by atoms with E-state index in [1.54, 1.807) is 0 Å². The number of carbonyl (C=O) groups is 8. The van der Waals surface area contributed by atoms with E-state index in [-0.39, 0.29) is 226 Å². The smallest absolute Gasteiger partial charge is 0.246 e. The highest BCUT2D eigenvalue weighted by atomic mass is 16.7. The fourth-order valence-electron chi connectivity index (χ4n) is 13.2. The Morgan fingerprint density at radius 2 is 0.724 bits per heavy atom. The minimum absolute atomic E-state index is 0.00514. The van der Waals surface area contributed by atoms with Crippen molar-refractivity contribution < 1.29 is 99.9 Å². The zero-order chi connectivity index (χ0) is 76.7. The standard InChI is InChI=1S/C76H132N8O21/c1-13-63-51(4)54(7)69(80-57(10)85)74(103-63)100-44-41-93-35-38-97-48-66(88)77-31-24-21-29-61(72(91)79-33-23-16-17-26-34-96-47-60-27-19-18-20-28-60)84-73(92)62(83-68(90)50-99-40-37-95-43-46-102-76-71(82-59(12)87)56(9)53(6)65(15-3)105-76)30-22-25-32-78-67(89)49-98-39-36-94-42-45-101-75-70(81-58(11)86)55(8)52(5)64(14-2)104-75/h18-20,27-28,51-56,61-65,69-71,74-76H,13-17,21-26,29-50H2,1-12H3,(H,77,88)(H,78,89)(H,79,91)(H,80,85)(H,81,86)(H,82,87)(H,83,90)(H,84,92)/t51-,52-,53-,54+,55+,56+,61+,62+,63-,64-,65-,69-,70-,71-,74-,75-,76-/m1/s1. The molecule has 8 amide bonds. The number of amides is 8. The molecule has 0 unspecified atom stereocenters. The Bertz CT molecular complexity index is 2600. The molecule has 3 fully saturated rings. The largest absolute Gasteiger partial charge is 0.377 e. The maximum atomic E-state index is 14.4. The quantitative estimate of drug-likeness (QED) is 0.0383. The van der Waals surface area contributed by atoms with Crippen LogP contribution in [-0.2, 0) is 107 Å². The minimum Gasteiger partial charge on any atom is -0.377 e. The van der Waals surface area contributed by atoms with Crippen LogP contribution in [0.4, 0.5) is 0 Å². The molecule has 105 heavy (non-hydrogen) atoms. The monoisotopic (exact) mass is 1490 g/mol. The Labute approximate surface area is 624 Å². The molecule has 0 spiro atoms. The maximum Gasteiger partial charge on any atom is 0.246 e. The van der Waals surface area contributed by atoms with E-state index >= 15 is 0 Å². The molecule has 0 bridgehead atoms. The summed E-state index contributed by atoms with van der Waals surface area (Å²) in [5.41, 5.74) is 1.11. The van der Waals surface area contributed by atoms with Crippen LogP contribution in [0.1, 0.15) is 172 Å². The Hall–Kier alpha value is -5.54. The third-order valence-corrected chi connectivity index (χ3v) is 19.8. The van der Waals surface area contributed by atoms with Gasteiger partial charge in [0.15, 0.2) is 18.9 Å². The summed E-state index contributed by atoms with van der Waals surface area (Å²) in [4.78, 5) is 103. The second-order valence-corrected chi connectivity index (χ2v) is 27.9. The Morgan fingerprint density at radius 3 is 1.12 bits per heavy atom. The van der Waals surface area contributed by atoms with Crippen molar-refractivity contribution in [2.24, 2.45) is 35.5 Å². The normalized spacial score (nSPS) is 25.1. The molecule has 0 radical (unpaired) electrons. The molecule has 3 aliphatic heterocycles. The molecule has 3 heterocycles. The molecule has 4 rings (SSSR count). The summed E-state index contributed by atoms with van der Waals surface area (Å²) in [7, 11) is 0. The molecule has 1 aromatic carbocycles. The third-order valence-electron chi connectivity index (χ3n) is 19.8. The van der Waals surface area contributed by atoms with E-state index < -0.39 is 49.4 Å². The van der Waals surface area contributed by atoms with Crippen LogP contribution in [0, 0.1) is 35.5 Å². The van der Waals surface area contributed by atoms with Gasteiger partial charge in [-0.1, -0.05) is 105 Å². The fraction of sp³-hybridized carbons (Fsp3) is 0.816. The van der Waals surface area contributed by atoms with Crippen molar-refractivity contribution in [1.29, 1.82) is 0 Å². The Kier molecular flexibility index (Phi) is 47.3. The van der Waals surface area contributed by atoms with E-state index in [0.29, 0.717) is 51.9 Å². The molecule has 3 saturated heterocycles. The first-order valence-corrected chi connectivity index (χ1v) is 38.7. The predicted octanol–water partition coefficient (Wildman–Crippen LogP) is 5.31. The van der Waals surface area contributed by atoms with Gasteiger partial charge in [-0.05, 0) is 112 Å². The lowest BCUT2D eigenvalue weighted by atomic mass is 9.81. The highest BCUT2D eigenvalue weighted by Gasteiger charge is 2.44. The summed E-state index contributed by atoms with van der Waals surface area (Å²) in [6, 6.07) is 6.99. The molecule has 1 aromatic rings. The summed E-state index contributed by atoms with van der Waals surface area (Å²) < 4.78 is 76.5. The van der Waals surface area contributed by atoms with Crippen molar-refractivity contribution in [3.8, 4) is 0 Å². The maximum absolute atomic E-state index is 14.4. The molecule has 0 aliphatic carbocycles. The van der Waals surface area contributed by atoms with E-state index in [0.717, 1.165) is 44.1 Å². The lowest BCUT2D eigenvalue weighted by Crippen LogP contribution is -2.57. The SMILES string of the molecule is CC[C@H]1O[C@@H](OCCOCCOCC(=O)NCCCC[C@H](NC(=O)COCCOCCO[C@@H]2O[C@H](CC)[C@H](C)[C@H](C)[C@H]2NC(C)=O)C(=O)N[C@@H](CCCCNC(=O)COCCOCCO[C@@H]2O[C@H](CC)[C@H](C)[C@H](C)[C@H]2NC(C)=O)C(=O)NCCCCCCOCc2ccccc2)[C@H](NC(C)=O)[C@@H](C)[C@H]1C. The van der Waals surface area contributed by atoms with Gasteiger partial charge in [0, 0.05) is 47.0 Å². The van der Waals surface area contributed by atoms with Gasteiger partial charge in [0.25, 0.3) is 0 Å². The second-order valence-electron chi connectivity index (χ2n) is 27.9. The average molecular weight is 1490 g/mol. The van der Waals surface area contributed by atoms with Crippen LogP contribution in [0.15, 0.2) is 30.3 Å². The minimum atomic E-state index is -1.09. The number of hydrogen-bond acceptors (Lipinski definition) is 21. The van der Waals surface area contributed by atoms with Gasteiger partial charge in [-0.15, -0.1) is 0 Å². The molecule has 3 aliphatic rings. The molecular formula is C76H132N8O21. The first-order valence-electron chi connectivity index (χ1n) is 38.7. The molecule has 8 N–H and O–H groups in total. The number of hydrogen-bond donors (Lipinski definition) is 8. The lowest BCUT2D eigenvalue weighted by molar-refractivity contribution is -0.239. The zero-order valence-corrected chi connectivity index (χ0v) is 65.1. The molecule has 29 nitrogen and oxygen atoms in total. The molecule has 17 atom stereocenters. The summed E-state index contributed by atoms with van der Waals surface area (Å²) in [5.74, 6) is -1.58. The topological polar surface area (TPSA) is 353 Å². The molecule has 0 saturated carbocycles. The van der Waals surface area contributed by atoms with Gasteiger partial charge in [-0.3, -0.25) is 38.4 Å². The van der Waals surface area contributed by atoms with Gasteiger partial charge in [0.2, 0.25) is 47.3 Å². The van der Waals surface area contributed by atoms with Crippen molar-refractivity contribution in [3.05, 3.63) is 35.9 Å². The van der Waals surface area contributed by atoms with Gasteiger partial charge >= 0.3 is 0 Å². The number of unbranched alkanes of at least 4 members (excludes halogenated alkanes) is 5. The van der Waals surface area contributed by atoms with Crippen LogP contribution in [0.3, 0.4) is 0 Å². The van der Waals surface area contributed by atoms with Crippen molar-refractivity contribution in [2.75, 3.05) is 125 Å². The Balaban J connectivity index is 1.27. The van der Waals surface area contributed by atoms with Gasteiger partial charge in [0.1, 0.15) is 31.9 Å². The van der Waals surface area contributed by atoms with Crippen molar-refractivity contribution in [3.63, 3.8) is 0 Å². The van der Waals surface area contributed by atoms with Crippen LogP contribution in [0.25, 0.3) is 0 Å². The summed E-state index contributed by atoms with van der Waals surface area (Å²) >= 11 is 0. The van der Waals surface area contributed by atoms with Crippen molar-refractivity contribution >= 4 is 47.3 Å². The van der Waals surface area contributed by atoms with E-state index in [1.165, 1.54) is 20.8 Å².